The number of amides is 1. The van der Waals surface area contributed by atoms with Crippen LogP contribution in [0.4, 0.5) is 0 Å². The van der Waals surface area contributed by atoms with Gasteiger partial charge in [0.2, 0.25) is 5.91 Å². The highest BCUT2D eigenvalue weighted by atomic mass is 32.1. The van der Waals surface area contributed by atoms with E-state index in [2.05, 4.69) is 12.2 Å². The predicted octanol–water partition coefficient (Wildman–Crippen LogP) is 3.83. The molecule has 1 N–H and O–H groups in total. The average Bonchev–Trinajstić information content (AvgIpc) is 2.87. The third-order valence-electron chi connectivity index (χ3n) is 2.78. The molecule has 0 saturated carbocycles. The van der Waals surface area contributed by atoms with Gasteiger partial charge in [0.05, 0.1) is 12.5 Å². The van der Waals surface area contributed by atoms with Gasteiger partial charge >= 0.3 is 5.97 Å². The number of nitrogens with one attached hydrogen (secondary N) is 1. The molecule has 0 saturated heterocycles. The summed E-state index contributed by atoms with van der Waals surface area (Å²) >= 11 is 1.64. The lowest BCUT2D eigenvalue weighted by Gasteiger charge is -2.20. The van der Waals surface area contributed by atoms with Gasteiger partial charge in [-0.05, 0) is 38.6 Å². The lowest BCUT2D eigenvalue weighted by Crippen LogP contribution is -2.29. The smallest absolute Gasteiger partial charge is 0.306 e. The summed E-state index contributed by atoms with van der Waals surface area (Å²) in [6.07, 6.45) is 2.18. The maximum Gasteiger partial charge on any atom is 0.306 e. The number of ether oxygens (including phenoxy) is 1. The quantitative estimate of drug-likeness (QED) is 0.779. The van der Waals surface area contributed by atoms with E-state index in [0.717, 1.165) is 17.7 Å². The molecule has 118 valence electrons. The highest BCUT2D eigenvalue weighted by molar-refractivity contribution is 7.10. The summed E-state index contributed by atoms with van der Waals surface area (Å²) in [5.41, 5.74) is -0.505. The summed E-state index contributed by atoms with van der Waals surface area (Å²) < 4.78 is 5.20. The van der Waals surface area contributed by atoms with Crippen molar-refractivity contribution in [2.24, 2.45) is 0 Å². The van der Waals surface area contributed by atoms with Crippen LogP contribution in [0.5, 0.6) is 0 Å². The van der Waals surface area contributed by atoms with Crippen LogP contribution in [0.15, 0.2) is 17.5 Å². The second kappa shape index (κ2) is 8.17. The Bertz CT molecular complexity index is 449. The number of carbonyl (C=O) groups is 2. The first kappa shape index (κ1) is 17.7. The van der Waals surface area contributed by atoms with Crippen LogP contribution >= 0.6 is 11.3 Å². The van der Waals surface area contributed by atoms with Crippen LogP contribution in [0.25, 0.3) is 0 Å². The molecule has 1 unspecified atom stereocenters. The molecule has 1 aromatic rings. The summed E-state index contributed by atoms with van der Waals surface area (Å²) in [6.45, 7) is 7.55. The van der Waals surface area contributed by atoms with Crippen LogP contribution in [0.3, 0.4) is 0 Å². The van der Waals surface area contributed by atoms with Crippen molar-refractivity contribution in [2.75, 3.05) is 0 Å². The topological polar surface area (TPSA) is 55.4 Å². The number of hydrogen-bond acceptors (Lipinski definition) is 4. The Labute approximate surface area is 130 Å². The minimum Gasteiger partial charge on any atom is -0.460 e. The molecule has 1 amide bonds. The molecule has 0 bridgehead atoms. The Morgan fingerprint density at radius 3 is 2.57 bits per heavy atom. The van der Waals surface area contributed by atoms with Gasteiger partial charge in [0, 0.05) is 11.3 Å². The zero-order valence-corrected chi connectivity index (χ0v) is 14.1. The maximum absolute atomic E-state index is 12.0. The van der Waals surface area contributed by atoms with E-state index in [-0.39, 0.29) is 30.8 Å². The second-order valence-corrected chi connectivity index (χ2v) is 6.99. The van der Waals surface area contributed by atoms with E-state index in [4.69, 9.17) is 4.74 Å². The third-order valence-corrected chi connectivity index (χ3v) is 3.76. The molecular formula is C16H25NO3S. The summed E-state index contributed by atoms with van der Waals surface area (Å²) in [4.78, 5) is 24.7. The van der Waals surface area contributed by atoms with Crippen molar-refractivity contribution >= 4 is 23.2 Å². The van der Waals surface area contributed by atoms with Gasteiger partial charge in [-0.2, -0.15) is 0 Å². The molecular weight excluding hydrogens is 286 g/mol. The van der Waals surface area contributed by atoms with Crippen LogP contribution in [0.1, 0.15) is 64.3 Å². The number of esters is 1. The standard InChI is InChI=1S/C16H25NO3S/c1-5-7-12(13-8-6-11-21-13)17-14(18)9-10-15(19)20-16(2,3)4/h6,8,11-12H,5,7,9-10H2,1-4H3,(H,17,18). The molecule has 0 aromatic carbocycles. The fourth-order valence-electron chi connectivity index (χ4n) is 1.94. The molecule has 0 radical (unpaired) electrons. The average molecular weight is 311 g/mol. The first-order valence-electron chi connectivity index (χ1n) is 7.36. The van der Waals surface area contributed by atoms with Crippen molar-refractivity contribution in [1.29, 1.82) is 0 Å². The summed E-state index contributed by atoms with van der Waals surface area (Å²) in [5.74, 6) is -0.437. The van der Waals surface area contributed by atoms with Crippen molar-refractivity contribution in [1.82, 2.24) is 5.32 Å². The fourth-order valence-corrected chi connectivity index (χ4v) is 2.75. The van der Waals surface area contributed by atoms with E-state index in [9.17, 15) is 9.59 Å². The number of carbonyl (C=O) groups excluding carboxylic acids is 2. The number of rotatable bonds is 7. The van der Waals surface area contributed by atoms with Crippen LogP contribution < -0.4 is 5.32 Å². The Kier molecular flexibility index (Phi) is 6.89. The monoisotopic (exact) mass is 311 g/mol. The van der Waals surface area contributed by atoms with E-state index >= 15 is 0 Å². The number of thiophene rings is 1. The molecule has 4 nitrogen and oxygen atoms in total. The number of hydrogen-bond donors (Lipinski definition) is 1. The SMILES string of the molecule is CCCC(NC(=O)CCC(=O)OC(C)(C)C)c1cccs1. The molecule has 1 aromatic heterocycles. The summed E-state index contributed by atoms with van der Waals surface area (Å²) in [7, 11) is 0. The Morgan fingerprint density at radius 1 is 1.33 bits per heavy atom. The lowest BCUT2D eigenvalue weighted by molar-refractivity contribution is -0.155. The molecule has 21 heavy (non-hydrogen) atoms. The summed E-state index contributed by atoms with van der Waals surface area (Å²) in [5, 5.41) is 5.01. The van der Waals surface area contributed by atoms with Gasteiger partial charge in [-0.25, -0.2) is 0 Å². The Hall–Kier alpha value is -1.36. The van der Waals surface area contributed by atoms with Crippen molar-refractivity contribution in [3.63, 3.8) is 0 Å². The molecule has 0 aliphatic carbocycles. The predicted molar refractivity (Wildman–Crippen MR) is 85.2 cm³/mol. The van der Waals surface area contributed by atoms with Crippen LogP contribution in [-0.2, 0) is 14.3 Å². The molecule has 0 aliphatic heterocycles. The highest BCUT2D eigenvalue weighted by Crippen LogP contribution is 2.23. The van der Waals surface area contributed by atoms with Crippen molar-refractivity contribution < 1.29 is 14.3 Å². The van der Waals surface area contributed by atoms with Gasteiger partial charge in [-0.3, -0.25) is 9.59 Å². The third kappa shape index (κ3) is 7.27. The molecule has 5 heteroatoms. The molecule has 1 atom stereocenters. The maximum atomic E-state index is 12.0. The van der Waals surface area contributed by atoms with Gasteiger partial charge in [-0.1, -0.05) is 19.4 Å². The molecule has 0 spiro atoms. The zero-order valence-electron chi connectivity index (χ0n) is 13.3. The van der Waals surface area contributed by atoms with E-state index < -0.39 is 5.60 Å². The molecule has 1 rings (SSSR count). The zero-order chi connectivity index (χ0) is 15.9. The van der Waals surface area contributed by atoms with Crippen LogP contribution in [0, 0.1) is 0 Å². The largest absolute Gasteiger partial charge is 0.460 e. The van der Waals surface area contributed by atoms with E-state index in [0.29, 0.717) is 0 Å². The van der Waals surface area contributed by atoms with Crippen molar-refractivity contribution in [3.8, 4) is 0 Å². The first-order valence-corrected chi connectivity index (χ1v) is 8.24. The van der Waals surface area contributed by atoms with Gasteiger partial charge in [0.25, 0.3) is 0 Å². The molecule has 0 fully saturated rings. The minimum atomic E-state index is -0.505. The van der Waals surface area contributed by atoms with Gasteiger partial charge in [-0.15, -0.1) is 11.3 Å². The Balaban J connectivity index is 2.43. The van der Waals surface area contributed by atoms with Gasteiger partial charge in [0.1, 0.15) is 5.60 Å². The lowest BCUT2D eigenvalue weighted by atomic mass is 10.1. The fraction of sp³-hybridized carbons (Fsp3) is 0.625. The molecule has 1 heterocycles. The van der Waals surface area contributed by atoms with E-state index in [1.807, 2.05) is 38.3 Å². The normalized spacial score (nSPS) is 12.8. The van der Waals surface area contributed by atoms with Gasteiger partial charge in [0.15, 0.2) is 0 Å². The summed E-state index contributed by atoms with van der Waals surface area (Å²) in [6, 6.07) is 4.05. The van der Waals surface area contributed by atoms with Crippen LogP contribution in [-0.4, -0.2) is 17.5 Å². The van der Waals surface area contributed by atoms with E-state index in [1.54, 1.807) is 11.3 Å². The van der Waals surface area contributed by atoms with Crippen LogP contribution in [0.2, 0.25) is 0 Å². The molecule has 0 aliphatic rings. The Morgan fingerprint density at radius 2 is 2.05 bits per heavy atom. The van der Waals surface area contributed by atoms with Gasteiger partial charge < -0.3 is 10.1 Å². The van der Waals surface area contributed by atoms with Crippen molar-refractivity contribution in [3.05, 3.63) is 22.4 Å². The minimum absolute atomic E-state index is 0.0427. The van der Waals surface area contributed by atoms with E-state index in [1.165, 1.54) is 0 Å². The van der Waals surface area contributed by atoms with Crippen molar-refractivity contribution in [2.45, 2.75) is 65.0 Å². The highest BCUT2D eigenvalue weighted by Gasteiger charge is 2.19. The second-order valence-electron chi connectivity index (χ2n) is 6.01. The first-order chi connectivity index (χ1) is 9.81.